The minimum Gasteiger partial charge on any atom is -0.257 e. The van der Waals surface area contributed by atoms with Gasteiger partial charge in [-0.05, 0) is 5.38 Å². The van der Waals surface area contributed by atoms with Gasteiger partial charge in [-0.25, -0.2) is 4.98 Å². The first kappa shape index (κ1) is 8.75. The van der Waals surface area contributed by atoms with Gasteiger partial charge in [0.05, 0.1) is 4.92 Å². The Balaban J connectivity index is 2.51. The smallest absolute Gasteiger partial charge is 0.257 e. The molecule has 74 valence electrons. The van der Waals surface area contributed by atoms with Gasteiger partial charge in [-0.15, -0.1) is 0 Å². The van der Waals surface area contributed by atoms with Crippen LogP contribution in [-0.2, 0) is 0 Å². The highest BCUT2D eigenvalue weighted by Crippen LogP contribution is 2.36. The highest BCUT2D eigenvalue weighted by molar-refractivity contribution is 7.15. The molecule has 0 N–H and O–H groups in total. The van der Waals surface area contributed by atoms with Crippen molar-refractivity contribution in [3.63, 3.8) is 0 Å². The van der Waals surface area contributed by atoms with Crippen molar-refractivity contribution in [1.29, 1.82) is 0 Å². The zero-order valence-electron chi connectivity index (χ0n) is 7.34. The summed E-state index contributed by atoms with van der Waals surface area (Å²) in [6.07, 6.45) is 1.69. The number of aromatic nitrogens is 1. The molecule has 0 aliphatic heterocycles. The SMILES string of the molecule is O=[N+]([O-])c1scc2c1ncc1cscc12. The summed E-state index contributed by atoms with van der Waals surface area (Å²) in [6, 6.07) is 0. The molecular formula is C9H4N2O2S2. The van der Waals surface area contributed by atoms with E-state index in [0.717, 1.165) is 27.5 Å². The lowest BCUT2D eigenvalue weighted by molar-refractivity contribution is -0.378. The van der Waals surface area contributed by atoms with Crippen LogP contribution in [0.5, 0.6) is 0 Å². The van der Waals surface area contributed by atoms with Crippen molar-refractivity contribution in [3.8, 4) is 0 Å². The Morgan fingerprint density at radius 1 is 1.27 bits per heavy atom. The van der Waals surface area contributed by atoms with E-state index in [4.69, 9.17) is 0 Å². The Hall–Kier alpha value is -1.53. The van der Waals surface area contributed by atoms with Crippen LogP contribution in [0.15, 0.2) is 22.3 Å². The summed E-state index contributed by atoms with van der Waals surface area (Å²) in [5, 5.41) is 19.6. The van der Waals surface area contributed by atoms with Crippen molar-refractivity contribution >= 4 is 49.4 Å². The maximum atomic E-state index is 10.7. The van der Waals surface area contributed by atoms with Crippen molar-refractivity contribution in [2.75, 3.05) is 0 Å². The number of fused-ring (bicyclic) bond motifs is 3. The van der Waals surface area contributed by atoms with E-state index in [1.165, 1.54) is 0 Å². The Morgan fingerprint density at radius 2 is 2.13 bits per heavy atom. The molecule has 3 aromatic heterocycles. The summed E-state index contributed by atoms with van der Waals surface area (Å²) in [6.45, 7) is 0. The zero-order valence-corrected chi connectivity index (χ0v) is 8.97. The summed E-state index contributed by atoms with van der Waals surface area (Å²) < 4.78 is 0. The van der Waals surface area contributed by atoms with Crippen LogP contribution in [0.1, 0.15) is 0 Å². The number of thiophene rings is 2. The minimum absolute atomic E-state index is 0.123. The highest BCUT2D eigenvalue weighted by Gasteiger charge is 2.17. The predicted octanol–water partition coefficient (Wildman–Crippen LogP) is 3.42. The van der Waals surface area contributed by atoms with Gasteiger partial charge in [-0.1, -0.05) is 11.3 Å². The predicted molar refractivity (Wildman–Crippen MR) is 61.7 cm³/mol. The largest absolute Gasteiger partial charge is 0.350 e. The van der Waals surface area contributed by atoms with Gasteiger partial charge in [0.25, 0.3) is 0 Å². The molecule has 3 heterocycles. The molecule has 15 heavy (non-hydrogen) atoms. The molecule has 0 aliphatic carbocycles. The van der Waals surface area contributed by atoms with Gasteiger partial charge in [-0.2, -0.15) is 11.3 Å². The van der Waals surface area contributed by atoms with Gasteiger partial charge >= 0.3 is 5.00 Å². The first-order valence-corrected chi connectivity index (χ1v) is 5.96. The van der Waals surface area contributed by atoms with E-state index in [0.29, 0.717) is 5.52 Å². The molecule has 3 aromatic rings. The van der Waals surface area contributed by atoms with Gasteiger partial charge in [0, 0.05) is 33.1 Å². The number of hydrogen-bond donors (Lipinski definition) is 0. The Morgan fingerprint density at radius 3 is 2.93 bits per heavy atom. The normalized spacial score (nSPS) is 11.2. The van der Waals surface area contributed by atoms with Crippen LogP contribution in [0, 0.1) is 10.1 Å². The van der Waals surface area contributed by atoms with E-state index in [1.807, 2.05) is 10.8 Å². The van der Waals surface area contributed by atoms with E-state index in [9.17, 15) is 10.1 Å². The third-order valence-corrected chi connectivity index (χ3v) is 3.91. The quantitative estimate of drug-likeness (QED) is 0.480. The lowest BCUT2D eigenvalue weighted by atomic mass is 10.2. The molecule has 0 saturated carbocycles. The molecule has 0 atom stereocenters. The van der Waals surface area contributed by atoms with Crippen LogP contribution in [0.3, 0.4) is 0 Å². The van der Waals surface area contributed by atoms with Gasteiger partial charge in [0.2, 0.25) is 0 Å². The van der Waals surface area contributed by atoms with Gasteiger partial charge in [0.1, 0.15) is 0 Å². The molecule has 3 rings (SSSR count). The molecule has 0 saturated heterocycles. The van der Waals surface area contributed by atoms with Crippen molar-refractivity contribution in [3.05, 3.63) is 32.5 Å². The van der Waals surface area contributed by atoms with E-state index in [2.05, 4.69) is 4.98 Å². The topological polar surface area (TPSA) is 56.0 Å². The molecule has 4 nitrogen and oxygen atoms in total. The molecule has 0 radical (unpaired) electrons. The van der Waals surface area contributed by atoms with E-state index < -0.39 is 0 Å². The Bertz CT molecular complexity index is 671. The third-order valence-electron chi connectivity index (χ3n) is 2.23. The summed E-state index contributed by atoms with van der Waals surface area (Å²) in [7, 11) is 0. The number of rotatable bonds is 1. The summed E-state index contributed by atoms with van der Waals surface area (Å²) in [4.78, 5) is 14.5. The first-order valence-electron chi connectivity index (χ1n) is 4.14. The lowest BCUT2D eigenvalue weighted by Gasteiger charge is -1.91. The van der Waals surface area contributed by atoms with E-state index in [1.54, 1.807) is 22.9 Å². The van der Waals surface area contributed by atoms with Crippen LogP contribution < -0.4 is 0 Å². The zero-order chi connectivity index (χ0) is 10.4. The highest BCUT2D eigenvalue weighted by atomic mass is 32.1. The number of nitrogens with zero attached hydrogens (tertiary/aromatic N) is 2. The van der Waals surface area contributed by atoms with Gasteiger partial charge < -0.3 is 0 Å². The molecule has 0 fully saturated rings. The fourth-order valence-electron chi connectivity index (χ4n) is 1.55. The molecule has 0 spiro atoms. The molecule has 0 aromatic carbocycles. The van der Waals surface area contributed by atoms with Crippen molar-refractivity contribution in [2.45, 2.75) is 0 Å². The van der Waals surface area contributed by atoms with Crippen LogP contribution in [-0.4, -0.2) is 9.91 Å². The second-order valence-corrected chi connectivity index (χ2v) is 4.66. The maximum absolute atomic E-state index is 10.7. The van der Waals surface area contributed by atoms with Crippen molar-refractivity contribution < 1.29 is 4.92 Å². The average Bonchev–Trinajstić information content (AvgIpc) is 2.82. The van der Waals surface area contributed by atoms with Gasteiger partial charge in [-0.3, -0.25) is 10.1 Å². The van der Waals surface area contributed by atoms with Crippen molar-refractivity contribution in [1.82, 2.24) is 4.98 Å². The van der Waals surface area contributed by atoms with E-state index in [-0.39, 0.29) is 9.92 Å². The number of hydrogen-bond acceptors (Lipinski definition) is 5. The molecule has 0 amide bonds. The lowest BCUT2D eigenvalue weighted by Crippen LogP contribution is -1.85. The van der Waals surface area contributed by atoms with Crippen LogP contribution in [0.4, 0.5) is 5.00 Å². The standard InChI is InChI=1S/C9H4N2O2S2/c12-11(13)9-8-7(4-15-9)6-3-14-2-5(6)1-10-8/h1-4H. The molecule has 6 heteroatoms. The fraction of sp³-hybridized carbons (Fsp3) is 0. The van der Waals surface area contributed by atoms with Crippen molar-refractivity contribution in [2.24, 2.45) is 0 Å². The second kappa shape index (κ2) is 2.98. The Kier molecular flexibility index (Phi) is 1.74. The van der Waals surface area contributed by atoms with Crippen LogP contribution >= 0.6 is 22.7 Å². The summed E-state index contributed by atoms with van der Waals surface area (Å²) >= 11 is 2.71. The van der Waals surface area contributed by atoms with E-state index >= 15 is 0 Å². The molecule has 0 aliphatic rings. The fourth-order valence-corrected chi connectivity index (χ4v) is 3.18. The second-order valence-electron chi connectivity index (χ2n) is 3.06. The number of pyridine rings is 1. The average molecular weight is 236 g/mol. The molecule has 0 unspecified atom stereocenters. The number of nitro groups is 1. The van der Waals surface area contributed by atoms with Gasteiger partial charge in [0.15, 0.2) is 5.52 Å². The summed E-state index contributed by atoms with van der Waals surface area (Å²) in [5.74, 6) is 0. The monoisotopic (exact) mass is 236 g/mol. The molecular weight excluding hydrogens is 232 g/mol. The maximum Gasteiger partial charge on any atom is 0.350 e. The summed E-state index contributed by atoms with van der Waals surface area (Å²) in [5.41, 5.74) is 0.496. The Labute approximate surface area is 91.9 Å². The first-order chi connectivity index (χ1) is 7.27. The minimum atomic E-state index is -0.377. The van der Waals surface area contributed by atoms with Crippen LogP contribution in [0.2, 0.25) is 0 Å². The molecule has 0 bridgehead atoms. The third kappa shape index (κ3) is 1.15. The van der Waals surface area contributed by atoms with Crippen LogP contribution in [0.25, 0.3) is 21.7 Å².